The molecule has 4 aromatic carbocycles. The van der Waals surface area contributed by atoms with Crippen molar-refractivity contribution in [1.82, 2.24) is 0 Å². The Morgan fingerprint density at radius 1 is 0.591 bits per heavy atom. The van der Waals surface area contributed by atoms with Crippen LogP contribution in [0, 0.1) is 0 Å². The molecule has 0 spiro atoms. The molecule has 4 aromatic rings. The van der Waals surface area contributed by atoms with E-state index in [9.17, 15) is 4.57 Å². The van der Waals surface area contributed by atoms with Crippen LogP contribution < -0.4 is 15.9 Å². The summed E-state index contributed by atoms with van der Waals surface area (Å²) in [6.45, 7) is 0. The Balaban J connectivity index is 1.83. The Hall–Kier alpha value is -2.37. The quantitative estimate of drug-likeness (QED) is 0.420. The zero-order valence-electron chi connectivity index (χ0n) is 11.7. The van der Waals surface area contributed by atoms with Crippen LogP contribution in [-0.4, -0.2) is 0 Å². The molecular weight excluding hydrogens is 287 g/mol. The predicted molar refractivity (Wildman–Crippen MR) is 93.4 cm³/mol. The van der Waals surface area contributed by atoms with Gasteiger partial charge in [-0.25, -0.2) is 0 Å². The third kappa shape index (κ3) is 1.07. The maximum Gasteiger partial charge on any atom is 0.175 e. The molecule has 2 aliphatic heterocycles. The van der Waals surface area contributed by atoms with Gasteiger partial charge < -0.3 is 4.57 Å². The number of fused-ring (bicyclic) bond motifs is 5. The van der Waals surface area contributed by atoms with Crippen molar-refractivity contribution in [2.45, 2.75) is 0 Å². The highest BCUT2D eigenvalue weighted by Crippen LogP contribution is 2.70. The highest BCUT2D eigenvalue weighted by Gasteiger charge is 2.68. The van der Waals surface area contributed by atoms with Gasteiger partial charge in [-0.05, 0) is 27.1 Å². The minimum atomic E-state index is -2.16. The van der Waals surface area contributed by atoms with Gasteiger partial charge in [0.15, 0.2) is 7.14 Å². The Morgan fingerprint density at radius 3 is 2.05 bits per heavy atom. The van der Waals surface area contributed by atoms with Gasteiger partial charge in [0, 0.05) is 21.5 Å². The molecule has 0 aliphatic carbocycles. The van der Waals surface area contributed by atoms with E-state index in [2.05, 4.69) is 60.7 Å². The maximum atomic E-state index is 12.9. The molecule has 2 aliphatic rings. The van der Waals surface area contributed by atoms with Crippen LogP contribution in [0.25, 0.3) is 32.7 Å². The van der Waals surface area contributed by atoms with E-state index in [4.69, 9.17) is 0 Å². The Labute approximate surface area is 127 Å². The summed E-state index contributed by atoms with van der Waals surface area (Å²) in [5.74, 6) is 0. The van der Waals surface area contributed by atoms with Crippen LogP contribution in [-0.2, 0) is 4.57 Å². The van der Waals surface area contributed by atoms with Crippen molar-refractivity contribution < 1.29 is 4.57 Å². The number of rotatable bonds is 1. The molecule has 0 saturated carbocycles. The molecule has 0 N–H and O–H groups in total. The van der Waals surface area contributed by atoms with Crippen molar-refractivity contribution in [3.63, 3.8) is 0 Å². The average molecular weight is 298 g/mol. The van der Waals surface area contributed by atoms with E-state index < -0.39 is 7.14 Å². The average Bonchev–Trinajstić information content (AvgIpc) is 3.41. The molecule has 102 valence electrons. The molecule has 1 unspecified atom stereocenters. The first-order valence-corrected chi connectivity index (χ1v) is 9.21. The minimum Gasteiger partial charge on any atom is -0.308 e. The topological polar surface area (TPSA) is 17.1 Å². The lowest BCUT2D eigenvalue weighted by Crippen LogP contribution is -2.13. The minimum absolute atomic E-state index is 1.15. The largest absolute Gasteiger partial charge is 0.308 e. The van der Waals surface area contributed by atoms with Crippen molar-refractivity contribution in [1.29, 1.82) is 0 Å². The number of hydrogen-bond donors (Lipinski definition) is 0. The molecule has 22 heavy (non-hydrogen) atoms. The first kappa shape index (κ1) is 11.2. The predicted octanol–water partition coefficient (Wildman–Crippen LogP) is 3.93. The van der Waals surface area contributed by atoms with E-state index in [0.717, 1.165) is 10.6 Å². The summed E-state index contributed by atoms with van der Waals surface area (Å²) in [6.07, 6.45) is 0. The lowest BCUT2D eigenvalue weighted by atomic mass is 9.94. The molecule has 0 aromatic heterocycles. The normalized spacial score (nSPS) is 20.2. The van der Waals surface area contributed by atoms with Crippen molar-refractivity contribution in [2.24, 2.45) is 0 Å². The molecule has 6 rings (SSSR count). The first-order chi connectivity index (χ1) is 10.8. The van der Waals surface area contributed by atoms with Crippen molar-refractivity contribution >= 4 is 44.6 Å². The van der Waals surface area contributed by atoms with Crippen molar-refractivity contribution in [3.8, 4) is 11.1 Å². The standard InChI is InChI=1S/C20H11OP/c21-22-18-16-10-4-3-9-15(16)17(19(22)20(18)22)14-11-5-7-12-6-1-2-8-13(12)14/h1-11H. The van der Waals surface area contributed by atoms with Crippen molar-refractivity contribution in [3.05, 3.63) is 66.7 Å². The monoisotopic (exact) mass is 298 g/mol. The summed E-state index contributed by atoms with van der Waals surface area (Å²) in [6, 6.07) is 23.2. The third-order valence-corrected chi connectivity index (χ3v) is 7.84. The molecule has 0 amide bonds. The molecular formula is C20H11OP. The van der Waals surface area contributed by atoms with Gasteiger partial charge in [-0.15, -0.1) is 0 Å². The Bertz CT molecular complexity index is 1200. The van der Waals surface area contributed by atoms with Crippen LogP contribution in [0.4, 0.5) is 0 Å². The second-order valence-corrected chi connectivity index (χ2v) is 8.66. The zero-order chi connectivity index (χ0) is 14.5. The van der Waals surface area contributed by atoms with Gasteiger partial charge in [-0.3, -0.25) is 0 Å². The molecule has 2 heterocycles. The zero-order valence-corrected chi connectivity index (χ0v) is 12.6. The van der Waals surface area contributed by atoms with Gasteiger partial charge in [0.05, 0.1) is 0 Å². The van der Waals surface area contributed by atoms with Gasteiger partial charge >= 0.3 is 0 Å². The SMILES string of the molecule is O=P12c3c1c2c1ccccc1c3-c1cccc2ccccc12. The van der Waals surface area contributed by atoms with Crippen LogP contribution in [0.5, 0.6) is 0 Å². The third-order valence-electron chi connectivity index (χ3n) is 5.04. The molecule has 2 heteroatoms. The highest BCUT2D eigenvalue weighted by molar-refractivity contribution is 8.07. The van der Waals surface area contributed by atoms with Crippen LogP contribution in [0.2, 0.25) is 0 Å². The van der Waals surface area contributed by atoms with Gasteiger partial charge in [0.2, 0.25) is 0 Å². The fourth-order valence-corrected chi connectivity index (χ4v) is 7.03. The fourth-order valence-electron chi connectivity index (χ4n) is 3.96. The highest BCUT2D eigenvalue weighted by atomic mass is 31.2. The van der Waals surface area contributed by atoms with Gasteiger partial charge in [-0.1, -0.05) is 66.7 Å². The van der Waals surface area contributed by atoms with E-state index in [0.29, 0.717) is 0 Å². The second kappa shape index (κ2) is 3.34. The number of benzene rings is 4. The van der Waals surface area contributed by atoms with Gasteiger partial charge in [0.1, 0.15) is 0 Å². The summed E-state index contributed by atoms with van der Waals surface area (Å²) < 4.78 is 12.9. The van der Waals surface area contributed by atoms with E-state index in [-0.39, 0.29) is 0 Å². The van der Waals surface area contributed by atoms with E-state index in [1.54, 1.807) is 0 Å². The van der Waals surface area contributed by atoms with Crippen LogP contribution in [0.15, 0.2) is 66.7 Å². The van der Waals surface area contributed by atoms with E-state index in [1.807, 2.05) is 6.07 Å². The summed E-state index contributed by atoms with van der Waals surface area (Å²) >= 11 is 0. The molecule has 0 radical (unpaired) electrons. The van der Waals surface area contributed by atoms with Crippen molar-refractivity contribution in [2.75, 3.05) is 0 Å². The summed E-state index contributed by atoms with van der Waals surface area (Å²) in [4.78, 5) is 0. The molecule has 0 saturated heterocycles. The lowest BCUT2D eigenvalue weighted by Gasteiger charge is -2.13. The summed E-state index contributed by atoms with van der Waals surface area (Å²) in [5, 5.41) is 8.40. The number of hydrogen-bond acceptors (Lipinski definition) is 1. The Morgan fingerprint density at radius 2 is 1.23 bits per heavy atom. The fraction of sp³-hybridized carbons (Fsp3) is 0. The first-order valence-electron chi connectivity index (χ1n) is 7.50. The summed E-state index contributed by atoms with van der Waals surface area (Å²) in [5.41, 5.74) is 2.43. The van der Waals surface area contributed by atoms with Crippen LogP contribution >= 0.6 is 7.14 Å². The molecule has 0 fully saturated rings. The van der Waals surface area contributed by atoms with Crippen LogP contribution in [0.1, 0.15) is 0 Å². The van der Waals surface area contributed by atoms with Crippen LogP contribution in [0.3, 0.4) is 0 Å². The lowest BCUT2D eigenvalue weighted by molar-refractivity contribution is 0.598. The van der Waals surface area contributed by atoms with Gasteiger partial charge in [0.25, 0.3) is 0 Å². The molecule has 1 atom stereocenters. The Kier molecular flexibility index (Phi) is 1.71. The van der Waals surface area contributed by atoms with E-state index in [1.165, 1.54) is 38.0 Å². The summed E-state index contributed by atoms with van der Waals surface area (Å²) in [7, 11) is -2.16. The maximum absolute atomic E-state index is 12.9. The van der Waals surface area contributed by atoms with Gasteiger partial charge in [-0.2, -0.15) is 0 Å². The second-order valence-electron chi connectivity index (χ2n) is 6.10. The van der Waals surface area contributed by atoms with E-state index >= 15 is 0 Å². The smallest absolute Gasteiger partial charge is 0.175 e. The molecule has 1 nitrogen and oxygen atoms in total. The molecule has 0 bridgehead atoms.